The standard InChI is InChI=1S/C16H32N4O/c1-15-5-9-19(10-6-15)16(21)20-13-11-18(12-14-20)8-4-2-3-7-17/h15H,2-14,17H2,1H3. The number of unbranched alkanes of at least 4 members (excludes halogenated alkanes) is 2. The third kappa shape index (κ3) is 5.15. The molecule has 0 aromatic heterocycles. The lowest BCUT2D eigenvalue weighted by Gasteiger charge is -2.39. The van der Waals surface area contributed by atoms with Crippen LogP contribution in [0.5, 0.6) is 0 Å². The predicted octanol–water partition coefficient (Wildman–Crippen LogP) is 1.58. The molecule has 0 aliphatic carbocycles. The molecule has 2 fully saturated rings. The molecule has 2 saturated heterocycles. The van der Waals surface area contributed by atoms with Gasteiger partial charge >= 0.3 is 6.03 Å². The zero-order valence-corrected chi connectivity index (χ0v) is 13.6. The second kappa shape index (κ2) is 8.59. The number of urea groups is 1. The van der Waals surface area contributed by atoms with Crippen LogP contribution in [-0.4, -0.2) is 73.1 Å². The van der Waals surface area contributed by atoms with Crippen molar-refractivity contribution in [1.82, 2.24) is 14.7 Å². The molecule has 0 aromatic carbocycles. The number of amides is 2. The summed E-state index contributed by atoms with van der Waals surface area (Å²) >= 11 is 0. The van der Waals surface area contributed by atoms with Gasteiger partial charge in [-0.2, -0.15) is 0 Å². The van der Waals surface area contributed by atoms with Gasteiger partial charge in [0.15, 0.2) is 0 Å². The minimum atomic E-state index is 0.268. The average Bonchev–Trinajstić information content (AvgIpc) is 2.52. The molecule has 2 amide bonds. The summed E-state index contributed by atoms with van der Waals surface area (Å²) in [5, 5.41) is 0. The van der Waals surface area contributed by atoms with E-state index in [2.05, 4.69) is 16.7 Å². The molecule has 0 radical (unpaired) electrons. The lowest BCUT2D eigenvalue weighted by Crippen LogP contribution is -2.54. The molecule has 2 heterocycles. The largest absolute Gasteiger partial charge is 0.330 e. The van der Waals surface area contributed by atoms with Crippen molar-refractivity contribution < 1.29 is 4.79 Å². The van der Waals surface area contributed by atoms with Crippen LogP contribution >= 0.6 is 0 Å². The second-order valence-corrected chi connectivity index (χ2v) is 6.63. The minimum Gasteiger partial charge on any atom is -0.330 e. The zero-order chi connectivity index (χ0) is 15.1. The van der Waals surface area contributed by atoms with Crippen molar-refractivity contribution in [2.45, 2.75) is 39.0 Å². The lowest BCUT2D eigenvalue weighted by atomic mass is 9.99. The molecular weight excluding hydrogens is 264 g/mol. The summed E-state index contributed by atoms with van der Waals surface area (Å²) < 4.78 is 0. The molecule has 0 atom stereocenters. The van der Waals surface area contributed by atoms with Gasteiger partial charge in [0, 0.05) is 39.3 Å². The summed E-state index contributed by atoms with van der Waals surface area (Å²) in [6.07, 6.45) is 5.91. The van der Waals surface area contributed by atoms with Crippen LogP contribution in [0.4, 0.5) is 4.79 Å². The Morgan fingerprint density at radius 1 is 0.952 bits per heavy atom. The van der Waals surface area contributed by atoms with Crippen LogP contribution in [0.2, 0.25) is 0 Å². The number of piperazine rings is 1. The predicted molar refractivity (Wildman–Crippen MR) is 86.3 cm³/mol. The number of carbonyl (C=O) groups is 1. The quantitative estimate of drug-likeness (QED) is 0.784. The van der Waals surface area contributed by atoms with E-state index in [1.54, 1.807) is 0 Å². The fourth-order valence-corrected chi connectivity index (χ4v) is 3.22. The first-order valence-electron chi connectivity index (χ1n) is 8.67. The summed E-state index contributed by atoms with van der Waals surface area (Å²) in [5.74, 6) is 0.777. The Hall–Kier alpha value is -0.810. The lowest BCUT2D eigenvalue weighted by molar-refractivity contribution is 0.102. The first-order chi connectivity index (χ1) is 10.2. The molecule has 0 unspecified atom stereocenters. The molecule has 2 rings (SSSR count). The first kappa shape index (κ1) is 16.6. The van der Waals surface area contributed by atoms with Gasteiger partial charge in [0.05, 0.1) is 0 Å². The molecule has 2 aliphatic heterocycles. The highest BCUT2D eigenvalue weighted by molar-refractivity contribution is 5.74. The molecular formula is C16H32N4O. The van der Waals surface area contributed by atoms with Crippen LogP contribution in [0.15, 0.2) is 0 Å². The first-order valence-corrected chi connectivity index (χ1v) is 8.67. The number of nitrogens with two attached hydrogens (primary N) is 1. The Bertz CT molecular complexity index is 307. The van der Waals surface area contributed by atoms with E-state index < -0.39 is 0 Å². The Morgan fingerprint density at radius 2 is 1.57 bits per heavy atom. The van der Waals surface area contributed by atoms with E-state index in [1.807, 2.05) is 4.90 Å². The highest BCUT2D eigenvalue weighted by Gasteiger charge is 2.27. The van der Waals surface area contributed by atoms with E-state index in [4.69, 9.17) is 5.73 Å². The molecule has 5 heteroatoms. The van der Waals surface area contributed by atoms with Crippen molar-refractivity contribution in [3.05, 3.63) is 0 Å². The monoisotopic (exact) mass is 296 g/mol. The number of rotatable bonds is 5. The molecule has 122 valence electrons. The second-order valence-electron chi connectivity index (χ2n) is 6.63. The SMILES string of the molecule is CC1CCN(C(=O)N2CCN(CCCCCN)CC2)CC1. The fourth-order valence-electron chi connectivity index (χ4n) is 3.22. The van der Waals surface area contributed by atoms with E-state index in [-0.39, 0.29) is 6.03 Å². The minimum absolute atomic E-state index is 0.268. The third-order valence-electron chi connectivity index (χ3n) is 4.88. The topological polar surface area (TPSA) is 52.8 Å². The third-order valence-corrected chi connectivity index (χ3v) is 4.88. The maximum Gasteiger partial charge on any atom is 0.320 e. The summed E-state index contributed by atoms with van der Waals surface area (Å²) in [6, 6.07) is 0.268. The Kier molecular flexibility index (Phi) is 6.77. The number of likely N-dealkylation sites (tertiary alicyclic amines) is 1. The highest BCUT2D eigenvalue weighted by Crippen LogP contribution is 2.18. The molecule has 2 N–H and O–H groups in total. The maximum atomic E-state index is 12.5. The van der Waals surface area contributed by atoms with Gasteiger partial charge in [0.2, 0.25) is 0 Å². The van der Waals surface area contributed by atoms with Gasteiger partial charge in [0.1, 0.15) is 0 Å². The van der Waals surface area contributed by atoms with Gasteiger partial charge in [-0.05, 0) is 44.7 Å². The fraction of sp³-hybridized carbons (Fsp3) is 0.938. The number of hydrogen-bond donors (Lipinski definition) is 1. The van der Waals surface area contributed by atoms with Crippen LogP contribution in [-0.2, 0) is 0 Å². The summed E-state index contributed by atoms with van der Waals surface area (Å²) in [4.78, 5) is 19.1. The maximum absolute atomic E-state index is 12.5. The Labute approximate surface area is 129 Å². The average molecular weight is 296 g/mol. The van der Waals surface area contributed by atoms with Gasteiger partial charge in [-0.15, -0.1) is 0 Å². The molecule has 5 nitrogen and oxygen atoms in total. The van der Waals surface area contributed by atoms with Crippen LogP contribution < -0.4 is 5.73 Å². The number of carbonyl (C=O) groups excluding carboxylic acids is 1. The summed E-state index contributed by atoms with van der Waals surface area (Å²) in [5.41, 5.74) is 5.52. The van der Waals surface area contributed by atoms with Gasteiger partial charge in [0.25, 0.3) is 0 Å². The summed E-state index contributed by atoms with van der Waals surface area (Å²) in [6.45, 7) is 9.96. The van der Waals surface area contributed by atoms with E-state index in [0.717, 1.165) is 77.5 Å². The van der Waals surface area contributed by atoms with Crippen molar-refractivity contribution in [3.8, 4) is 0 Å². The van der Waals surface area contributed by atoms with E-state index in [1.165, 1.54) is 12.8 Å². The Morgan fingerprint density at radius 3 is 2.19 bits per heavy atom. The van der Waals surface area contributed by atoms with Crippen molar-refractivity contribution in [3.63, 3.8) is 0 Å². The van der Waals surface area contributed by atoms with Gasteiger partial charge in [-0.3, -0.25) is 4.90 Å². The van der Waals surface area contributed by atoms with Crippen LogP contribution in [0.25, 0.3) is 0 Å². The van der Waals surface area contributed by atoms with Crippen molar-refractivity contribution in [2.24, 2.45) is 11.7 Å². The summed E-state index contributed by atoms with van der Waals surface area (Å²) in [7, 11) is 0. The van der Waals surface area contributed by atoms with Crippen LogP contribution in [0.3, 0.4) is 0 Å². The number of nitrogens with zero attached hydrogens (tertiary/aromatic N) is 3. The molecule has 0 bridgehead atoms. The Balaban J connectivity index is 1.65. The van der Waals surface area contributed by atoms with Crippen molar-refractivity contribution in [1.29, 1.82) is 0 Å². The molecule has 21 heavy (non-hydrogen) atoms. The van der Waals surface area contributed by atoms with E-state index in [9.17, 15) is 4.79 Å². The van der Waals surface area contributed by atoms with E-state index in [0.29, 0.717) is 0 Å². The van der Waals surface area contributed by atoms with Crippen molar-refractivity contribution in [2.75, 3.05) is 52.4 Å². The molecule has 0 saturated carbocycles. The molecule has 0 spiro atoms. The number of piperidine rings is 1. The normalized spacial score (nSPS) is 21.8. The molecule has 2 aliphatic rings. The van der Waals surface area contributed by atoms with E-state index >= 15 is 0 Å². The van der Waals surface area contributed by atoms with Crippen LogP contribution in [0.1, 0.15) is 39.0 Å². The van der Waals surface area contributed by atoms with Crippen LogP contribution in [0, 0.1) is 5.92 Å². The van der Waals surface area contributed by atoms with Gasteiger partial charge in [-0.1, -0.05) is 13.3 Å². The highest BCUT2D eigenvalue weighted by atomic mass is 16.2. The number of hydrogen-bond acceptors (Lipinski definition) is 3. The smallest absolute Gasteiger partial charge is 0.320 e. The zero-order valence-electron chi connectivity index (χ0n) is 13.6. The van der Waals surface area contributed by atoms with Gasteiger partial charge in [-0.25, -0.2) is 4.79 Å². The van der Waals surface area contributed by atoms with Crippen molar-refractivity contribution >= 4 is 6.03 Å². The molecule has 0 aromatic rings. The van der Waals surface area contributed by atoms with Gasteiger partial charge < -0.3 is 15.5 Å².